The Morgan fingerprint density at radius 1 is 1.12 bits per heavy atom. The molecule has 1 aromatic rings. The Balaban J connectivity index is 1.39. The Kier molecular flexibility index (Phi) is 5.36. The van der Waals surface area contributed by atoms with E-state index in [2.05, 4.69) is 20.2 Å². The first kappa shape index (κ1) is 17.0. The molecule has 0 aliphatic carbocycles. The van der Waals surface area contributed by atoms with Crippen LogP contribution in [0.5, 0.6) is 0 Å². The normalized spacial score (nSPS) is 28.4. The Hall–Kier alpha value is -1.40. The van der Waals surface area contributed by atoms with Crippen molar-refractivity contribution in [3.63, 3.8) is 0 Å². The average molecular weight is 345 g/mol. The lowest BCUT2D eigenvalue weighted by Gasteiger charge is -2.32. The first-order chi connectivity index (χ1) is 12.3. The molecule has 2 unspecified atom stereocenters. The number of piperidine rings is 2. The second kappa shape index (κ2) is 7.87. The molecule has 6 nitrogen and oxygen atoms in total. The molecule has 25 heavy (non-hydrogen) atoms. The molecule has 0 aromatic carbocycles. The van der Waals surface area contributed by atoms with Crippen molar-refractivity contribution in [2.75, 3.05) is 39.3 Å². The number of nitrogens with zero attached hydrogens (tertiary/aromatic N) is 4. The molecule has 0 saturated carbocycles. The minimum absolute atomic E-state index is 0.127. The van der Waals surface area contributed by atoms with Gasteiger partial charge in [0.25, 0.3) is 5.91 Å². The van der Waals surface area contributed by atoms with E-state index in [4.69, 9.17) is 0 Å². The summed E-state index contributed by atoms with van der Waals surface area (Å²) in [6.07, 6.45) is 10.5. The van der Waals surface area contributed by atoms with Crippen LogP contribution >= 0.6 is 0 Å². The topological polar surface area (TPSA) is 53.4 Å². The number of carbonyl (C=O) groups is 1. The quantitative estimate of drug-likeness (QED) is 0.906. The Bertz CT molecular complexity index is 574. The van der Waals surface area contributed by atoms with E-state index in [1.54, 1.807) is 0 Å². The Morgan fingerprint density at radius 2 is 2.00 bits per heavy atom. The molecular formula is C19H31N5O. The lowest BCUT2D eigenvalue weighted by molar-refractivity contribution is 0.0683. The molecule has 4 rings (SSSR count). The zero-order chi connectivity index (χ0) is 17.1. The molecule has 1 aromatic heterocycles. The molecule has 1 amide bonds. The van der Waals surface area contributed by atoms with Crippen LogP contribution in [-0.2, 0) is 0 Å². The summed E-state index contributed by atoms with van der Waals surface area (Å²) in [7, 11) is 0. The van der Waals surface area contributed by atoms with Crippen LogP contribution in [0.2, 0.25) is 0 Å². The van der Waals surface area contributed by atoms with Gasteiger partial charge in [-0.05, 0) is 64.2 Å². The molecule has 3 aliphatic heterocycles. The van der Waals surface area contributed by atoms with Crippen LogP contribution in [0.4, 0.5) is 0 Å². The number of likely N-dealkylation sites (tertiary alicyclic amines) is 2. The monoisotopic (exact) mass is 345 g/mol. The molecule has 1 N–H and O–H groups in total. The fourth-order valence-corrected chi connectivity index (χ4v) is 4.59. The van der Waals surface area contributed by atoms with Crippen molar-refractivity contribution in [2.24, 2.45) is 0 Å². The third-order valence-electron chi connectivity index (χ3n) is 6.03. The first-order valence-corrected chi connectivity index (χ1v) is 10.1. The maximum Gasteiger partial charge on any atom is 0.274 e. The zero-order valence-corrected chi connectivity index (χ0v) is 15.2. The summed E-state index contributed by atoms with van der Waals surface area (Å²) < 4.78 is 2.00. The summed E-state index contributed by atoms with van der Waals surface area (Å²) in [5.41, 5.74) is 0.621. The highest BCUT2D eigenvalue weighted by Crippen LogP contribution is 2.23. The second-order valence-corrected chi connectivity index (χ2v) is 7.84. The molecule has 0 spiro atoms. The highest BCUT2D eigenvalue weighted by atomic mass is 16.2. The third-order valence-corrected chi connectivity index (χ3v) is 6.03. The van der Waals surface area contributed by atoms with Gasteiger partial charge >= 0.3 is 0 Å². The molecule has 3 fully saturated rings. The standard InChI is InChI=1S/C19H31N5O/c25-19(18-8-13-24(21-18)16-6-4-9-20-14-16)23-12-5-7-17(23)15-22-10-2-1-3-11-22/h8,13,16-17,20H,1-7,9-12,14-15H2. The fourth-order valence-electron chi connectivity index (χ4n) is 4.59. The van der Waals surface area contributed by atoms with E-state index in [9.17, 15) is 4.79 Å². The maximum absolute atomic E-state index is 13.0. The zero-order valence-electron chi connectivity index (χ0n) is 15.2. The van der Waals surface area contributed by atoms with Gasteiger partial charge in [0, 0.05) is 31.9 Å². The fraction of sp³-hybridized carbons (Fsp3) is 0.789. The van der Waals surface area contributed by atoms with Gasteiger partial charge in [0.15, 0.2) is 0 Å². The van der Waals surface area contributed by atoms with Crippen molar-refractivity contribution >= 4 is 5.91 Å². The van der Waals surface area contributed by atoms with Crippen molar-refractivity contribution in [1.82, 2.24) is 24.9 Å². The maximum atomic E-state index is 13.0. The van der Waals surface area contributed by atoms with Crippen LogP contribution in [-0.4, -0.2) is 70.8 Å². The van der Waals surface area contributed by atoms with Crippen LogP contribution in [0.3, 0.4) is 0 Å². The van der Waals surface area contributed by atoms with Crippen molar-refractivity contribution in [2.45, 2.75) is 57.0 Å². The highest BCUT2D eigenvalue weighted by Gasteiger charge is 2.32. The largest absolute Gasteiger partial charge is 0.333 e. The van der Waals surface area contributed by atoms with Crippen LogP contribution in [0.25, 0.3) is 0 Å². The SMILES string of the molecule is O=C(c1ccn(C2CCCNC2)n1)N1CCCC1CN1CCCCC1. The van der Waals surface area contributed by atoms with Gasteiger partial charge in [0.2, 0.25) is 0 Å². The minimum Gasteiger partial charge on any atom is -0.333 e. The summed E-state index contributed by atoms with van der Waals surface area (Å²) in [4.78, 5) is 17.6. The molecule has 0 radical (unpaired) electrons. The van der Waals surface area contributed by atoms with Crippen LogP contribution < -0.4 is 5.32 Å². The van der Waals surface area contributed by atoms with E-state index in [1.165, 1.54) is 38.8 Å². The minimum atomic E-state index is 0.127. The Labute approximate surface area is 150 Å². The molecule has 4 heterocycles. The van der Waals surface area contributed by atoms with Crippen LogP contribution in [0, 0.1) is 0 Å². The number of hydrogen-bond acceptors (Lipinski definition) is 4. The van der Waals surface area contributed by atoms with E-state index in [0.29, 0.717) is 17.8 Å². The third kappa shape index (κ3) is 3.90. The summed E-state index contributed by atoms with van der Waals surface area (Å²) >= 11 is 0. The van der Waals surface area contributed by atoms with Crippen LogP contribution in [0.1, 0.15) is 61.5 Å². The number of rotatable bonds is 4. The Morgan fingerprint density at radius 3 is 2.80 bits per heavy atom. The second-order valence-electron chi connectivity index (χ2n) is 7.84. The van der Waals surface area contributed by atoms with Crippen molar-refractivity contribution in [3.8, 4) is 0 Å². The van der Waals surface area contributed by atoms with E-state index in [-0.39, 0.29) is 5.91 Å². The number of hydrogen-bond donors (Lipinski definition) is 1. The van der Waals surface area contributed by atoms with Gasteiger partial charge in [-0.15, -0.1) is 0 Å². The summed E-state index contributed by atoms with van der Waals surface area (Å²) in [5.74, 6) is 0.127. The molecular weight excluding hydrogens is 314 g/mol. The average Bonchev–Trinajstić information content (AvgIpc) is 3.32. The lowest BCUT2D eigenvalue weighted by Crippen LogP contribution is -2.44. The smallest absolute Gasteiger partial charge is 0.274 e. The molecule has 138 valence electrons. The van der Waals surface area contributed by atoms with Crippen LogP contribution in [0.15, 0.2) is 12.3 Å². The van der Waals surface area contributed by atoms with Gasteiger partial charge in [-0.1, -0.05) is 6.42 Å². The van der Waals surface area contributed by atoms with Gasteiger partial charge in [-0.2, -0.15) is 5.10 Å². The van der Waals surface area contributed by atoms with Gasteiger partial charge in [-0.3, -0.25) is 9.48 Å². The van der Waals surface area contributed by atoms with Crippen molar-refractivity contribution in [1.29, 1.82) is 0 Å². The summed E-state index contributed by atoms with van der Waals surface area (Å²) in [6, 6.07) is 2.66. The highest BCUT2D eigenvalue weighted by molar-refractivity contribution is 5.92. The molecule has 2 atom stereocenters. The van der Waals surface area contributed by atoms with Gasteiger partial charge < -0.3 is 15.1 Å². The predicted octanol–water partition coefficient (Wildman–Crippen LogP) is 1.90. The number of nitrogens with one attached hydrogen (secondary N) is 1. The van der Waals surface area contributed by atoms with E-state index in [1.807, 2.05) is 16.9 Å². The van der Waals surface area contributed by atoms with Gasteiger partial charge in [0.05, 0.1) is 6.04 Å². The predicted molar refractivity (Wildman–Crippen MR) is 97.7 cm³/mol. The molecule has 3 saturated heterocycles. The van der Waals surface area contributed by atoms with Crippen molar-refractivity contribution in [3.05, 3.63) is 18.0 Å². The summed E-state index contributed by atoms with van der Waals surface area (Å²) in [5, 5.41) is 8.05. The summed E-state index contributed by atoms with van der Waals surface area (Å²) in [6.45, 7) is 6.37. The number of carbonyl (C=O) groups excluding carboxylic acids is 1. The van der Waals surface area contributed by atoms with E-state index in [0.717, 1.165) is 45.4 Å². The number of aromatic nitrogens is 2. The molecule has 3 aliphatic rings. The molecule has 6 heteroatoms. The lowest BCUT2D eigenvalue weighted by atomic mass is 10.1. The van der Waals surface area contributed by atoms with Crippen molar-refractivity contribution < 1.29 is 4.79 Å². The molecule has 0 bridgehead atoms. The number of amides is 1. The van der Waals surface area contributed by atoms with Gasteiger partial charge in [-0.25, -0.2) is 0 Å². The van der Waals surface area contributed by atoms with E-state index < -0.39 is 0 Å². The van der Waals surface area contributed by atoms with E-state index >= 15 is 0 Å². The van der Waals surface area contributed by atoms with Gasteiger partial charge in [0.1, 0.15) is 5.69 Å². The first-order valence-electron chi connectivity index (χ1n) is 10.1.